The zero-order chi connectivity index (χ0) is 18.4. The lowest BCUT2D eigenvalue weighted by molar-refractivity contribution is 0.414. The van der Waals surface area contributed by atoms with Gasteiger partial charge in [-0.25, -0.2) is 9.97 Å². The van der Waals surface area contributed by atoms with Crippen LogP contribution in [0.2, 0.25) is 5.02 Å². The molecule has 1 heterocycles. The Hall–Kier alpha value is -2.79. The van der Waals surface area contributed by atoms with Gasteiger partial charge in [0, 0.05) is 23.3 Å². The average molecular weight is 369 g/mol. The van der Waals surface area contributed by atoms with Crippen LogP contribution in [0, 0.1) is 6.92 Å². The quantitative estimate of drug-likeness (QED) is 0.624. The predicted molar refractivity (Wildman–Crippen MR) is 107 cm³/mol. The number of hydrogen-bond acceptors (Lipinski definition) is 5. The van der Waals surface area contributed by atoms with Gasteiger partial charge in [0.2, 0.25) is 0 Å². The number of nitrogens with zero attached hydrogens (tertiary/aromatic N) is 2. The van der Waals surface area contributed by atoms with E-state index >= 15 is 0 Å². The van der Waals surface area contributed by atoms with Gasteiger partial charge in [-0.3, -0.25) is 0 Å². The monoisotopic (exact) mass is 368 g/mol. The number of ether oxygens (including phenoxy) is 1. The van der Waals surface area contributed by atoms with Crippen molar-refractivity contribution in [1.29, 1.82) is 0 Å². The van der Waals surface area contributed by atoms with Crippen LogP contribution in [0.15, 0.2) is 54.9 Å². The molecule has 0 atom stereocenters. The van der Waals surface area contributed by atoms with E-state index in [1.807, 2.05) is 49.4 Å². The van der Waals surface area contributed by atoms with Crippen molar-refractivity contribution >= 4 is 28.9 Å². The summed E-state index contributed by atoms with van der Waals surface area (Å²) in [6, 6.07) is 15.8. The number of anilines is 3. The Kier molecular flexibility index (Phi) is 5.92. The Labute approximate surface area is 158 Å². The molecule has 134 valence electrons. The molecule has 0 amide bonds. The largest absolute Gasteiger partial charge is 0.497 e. The lowest BCUT2D eigenvalue weighted by Gasteiger charge is -2.10. The average Bonchev–Trinajstić information content (AvgIpc) is 2.65. The topological polar surface area (TPSA) is 59.1 Å². The molecular weight excluding hydrogens is 348 g/mol. The standard InChI is InChI=1S/C20H21ClN4O/c1-14-6-7-16(11-18(14)21)25-20-12-19(23-13-24-20)22-9-8-15-4-3-5-17(10-15)26-2/h3-7,10-13H,8-9H2,1-2H3,(H2,22,23,24,25). The zero-order valence-electron chi connectivity index (χ0n) is 14.8. The highest BCUT2D eigenvalue weighted by molar-refractivity contribution is 6.31. The lowest BCUT2D eigenvalue weighted by atomic mass is 10.1. The summed E-state index contributed by atoms with van der Waals surface area (Å²) >= 11 is 6.17. The number of hydrogen-bond donors (Lipinski definition) is 2. The predicted octanol–water partition coefficient (Wildman–Crippen LogP) is 4.85. The normalized spacial score (nSPS) is 10.4. The summed E-state index contributed by atoms with van der Waals surface area (Å²) in [7, 11) is 1.67. The SMILES string of the molecule is COc1cccc(CCNc2cc(Nc3ccc(C)c(Cl)c3)ncn2)c1. The van der Waals surface area contributed by atoms with E-state index in [9.17, 15) is 0 Å². The summed E-state index contributed by atoms with van der Waals surface area (Å²) < 4.78 is 5.25. The van der Waals surface area contributed by atoms with Crippen molar-refractivity contribution in [1.82, 2.24) is 9.97 Å². The summed E-state index contributed by atoms with van der Waals surface area (Å²) in [5.74, 6) is 2.35. The third kappa shape index (κ3) is 4.86. The van der Waals surface area contributed by atoms with Crippen LogP contribution in [0.3, 0.4) is 0 Å². The van der Waals surface area contributed by atoms with Crippen LogP contribution >= 0.6 is 11.6 Å². The van der Waals surface area contributed by atoms with Gasteiger partial charge < -0.3 is 15.4 Å². The van der Waals surface area contributed by atoms with E-state index in [1.54, 1.807) is 7.11 Å². The summed E-state index contributed by atoms with van der Waals surface area (Å²) in [6.45, 7) is 2.74. The maximum absolute atomic E-state index is 6.17. The molecular formula is C20H21ClN4O. The highest BCUT2D eigenvalue weighted by Gasteiger charge is 2.02. The molecule has 0 aliphatic rings. The summed E-state index contributed by atoms with van der Waals surface area (Å²) in [4.78, 5) is 8.52. The van der Waals surface area contributed by atoms with Crippen molar-refractivity contribution < 1.29 is 4.74 Å². The minimum absolute atomic E-state index is 0.712. The molecule has 1 aromatic heterocycles. The number of aromatic nitrogens is 2. The molecule has 0 aliphatic heterocycles. The summed E-state index contributed by atoms with van der Waals surface area (Å²) in [6.07, 6.45) is 2.41. The van der Waals surface area contributed by atoms with Crippen molar-refractivity contribution in [2.24, 2.45) is 0 Å². The molecule has 2 aromatic carbocycles. The van der Waals surface area contributed by atoms with Crippen molar-refractivity contribution in [3.05, 3.63) is 71.0 Å². The molecule has 2 N–H and O–H groups in total. The third-order valence-electron chi connectivity index (χ3n) is 3.97. The first-order valence-corrected chi connectivity index (χ1v) is 8.74. The van der Waals surface area contributed by atoms with Gasteiger partial charge in [-0.2, -0.15) is 0 Å². The molecule has 0 fully saturated rings. The van der Waals surface area contributed by atoms with Crippen LogP contribution in [-0.4, -0.2) is 23.6 Å². The molecule has 0 unspecified atom stereocenters. The van der Waals surface area contributed by atoms with Crippen molar-refractivity contribution in [2.45, 2.75) is 13.3 Å². The Balaban J connectivity index is 1.59. The van der Waals surface area contributed by atoms with E-state index < -0.39 is 0 Å². The van der Waals surface area contributed by atoms with Gasteiger partial charge in [-0.05, 0) is 48.7 Å². The van der Waals surface area contributed by atoms with Crippen LogP contribution in [0.25, 0.3) is 0 Å². The fourth-order valence-corrected chi connectivity index (χ4v) is 2.68. The highest BCUT2D eigenvalue weighted by Crippen LogP contribution is 2.23. The van der Waals surface area contributed by atoms with Crippen LogP contribution in [0.4, 0.5) is 17.3 Å². The molecule has 0 aliphatic carbocycles. The Bertz CT molecular complexity index is 885. The molecule has 0 spiro atoms. The second kappa shape index (κ2) is 8.54. The molecule has 3 rings (SSSR count). The van der Waals surface area contributed by atoms with Crippen molar-refractivity contribution in [3.8, 4) is 5.75 Å². The van der Waals surface area contributed by atoms with Gasteiger partial charge in [0.25, 0.3) is 0 Å². The van der Waals surface area contributed by atoms with Crippen LogP contribution in [0.1, 0.15) is 11.1 Å². The molecule has 26 heavy (non-hydrogen) atoms. The van der Waals surface area contributed by atoms with Gasteiger partial charge in [-0.15, -0.1) is 0 Å². The number of rotatable bonds is 7. The van der Waals surface area contributed by atoms with E-state index in [-0.39, 0.29) is 0 Å². The Morgan fingerprint density at radius 3 is 2.69 bits per heavy atom. The van der Waals surface area contributed by atoms with Crippen LogP contribution in [0.5, 0.6) is 5.75 Å². The fraction of sp³-hybridized carbons (Fsp3) is 0.200. The van der Waals surface area contributed by atoms with Crippen LogP contribution < -0.4 is 15.4 Å². The number of methoxy groups -OCH3 is 1. The third-order valence-corrected chi connectivity index (χ3v) is 4.37. The minimum atomic E-state index is 0.712. The minimum Gasteiger partial charge on any atom is -0.497 e. The van der Waals surface area contributed by atoms with E-state index in [0.29, 0.717) is 5.82 Å². The first-order chi connectivity index (χ1) is 12.6. The molecule has 0 bridgehead atoms. The zero-order valence-corrected chi connectivity index (χ0v) is 15.5. The molecule has 0 saturated heterocycles. The fourth-order valence-electron chi connectivity index (χ4n) is 2.50. The second-order valence-corrected chi connectivity index (χ2v) is 6.31. The first kappa shape index (κ1) is 18.0. The van der Waals surface area contributed by atoms with Gasteiger partial charge in [0.05, 0.1) is 7.11 Å². The van der Waals surface area contributed by atoms with Crippen molar-refractivity contribution in [3.63, 3.8) is 0 Å². The Morgan fingerprint density at radius 2 is 1.88 bits per heavy atom. The maximum Gasteiger partial charge on any atom is 0.135 e. The molecule has 0 saturated carbocycles. The van der Waals surface area contributed by atoms with E-state index in [4.69, 9.17) is 16.3 Å². The van der Waals surface area contributed by atoms with E-state index in [2.05, 4.69) is 26.7 Å². The summed E-state index contributed by atoms with van der Waals surface area (Å²) in [5.41, 5.74) is 3.14. The molecule has 6 heteroatoms. The van der Waals surface area contributed by atoms with Gasteiger partial charge in [0.15, 0.2) is 0 Å². The van der Waals surface area contributed by atoms with E-state index in [1.165, 1.54) is 11.9 Å². The number of nitrogens with one attached hydrogen (secondary N) is 2. The van der Waals surface area contributed by atoms with Crippen molar-refractivity contribution in [2.75, 3.05) is 24.3 Å². The maximum atomic E-state index is 6.17. The van der Waals surface area contributed by atoms with Crippen LogP contribution in [-0.2, 0) is 6.42 Å². The second-order valence-electron chi connectivity index (χ2n) is 5.91. The first-order valence-electron chi connectivity index (χ1n) is 8.36. The number of benzene rings is 2. The highest BCUT2D eigenvalue weighted by atomic mass is 35.5. The molecule has 3 aromatic rings. The van der Waals surface area contributed by atoms with E-state index in [0.717, 1.165) is 40.8 Å². The lowest BCUT2D eigenvalue weighted by Crippen LogP contribution is -2.07. The molecule has 5 nitrogen and oxygen atoms in total. The van der Waals surface area contributed by atoms with Gasteiger partial charge in [0.1, 0.15) is 23.7 Å². The van der Waals surface area contributed by atoms with Gasteiger partial charge >= 0.3 is 0 Å². The Morgan fingerprint density at radius 1 is 1.04 bits per heavy atom. The number of halogens is 1. The summed E-state index contributed by atoms with van der Waals surface area (Å²) in [5, 5.41) is 7.29. The molecule has 0 radical (unpaired) electrons. The number of aryl methyl sites for hydroxylation is 1. The van der Waals surface area contributed by atoms with Gasteiger partial charge in [-0.1, -0.05) is 29.8 Å². The smallest absolute Gasteiger partial charge is 0.135 e.